The van der Waals surface area contributed by atoms with Gasteiger partial charge < -0.3 is 15.2 Å². The third kappa shape index (κ3) is 3.11. The lowest BCUT2D eigenvalue weighted by atomic mass is 10.1. The van der Waals surface area contributed by atoms with Gasteiger partial charge in [0.2, 0.25) is 0 Å². The second kappa shape index (κ2) is 5.97. The van der Waals surface area contributed by atoms with Gasteiger partial charge in [-0.05, 0) is 56.2 Å². The number of nitrogens with two attached hydrogens (primary N) is 1. The first-order valence-electron chi connectivity index (χ1n) is 6.70. The zero-order valence-corrected chi connectivity index (χ0v) is 12.4. The van der Waals surface area contributed by atoms with Gasteiger partial charge in [0.1, 0.15) is 17.2 Å². The van der Waals surface area contributed by atoms with E-state index in [4.69, 9.17) is 15.2 Å². The third-order valence-corrected chi connectivity index (χ3v) is 3.12. The fourth-order valence-electron chi connectivity index (χ4n) is 2.36. The molecule has 2 aromatic rings. The topological polar surface area (TPSA) is 44.5 Å². The molecular formula is C17H21NO2. The Hall–Kier alpha value is -2.00. The van der Waals surface area contributed by atoms with E-state index in [1.165, 1.54) is 11.1 Å². The van der Waals surface area contributed by atoms with E-state index >= 15 is 0 Å². The summed E-state index contributed by atoms with van der Waals surface area (Å²) in [5.41, 5.74) is 9.27. The Balaban J connectivity index is 2.42. The normalized spacial score (nSPS) is 12.1. The number of hydrogen-bond acceptors (Lipinski definition) is 3. The van der Waals surface area contributed by atoms with Gasteiger partial charge in [0.15, 0.2) is 0 Å². The van der Waals surface area contributed by atoms with Crippen LogP contribution in [0, 0.1) is 13.8 Å². The molecule has 0 spiro atoms. The largest absolute Gasteiger partial charge is 0.496 e. The van der Waals surface area contributed by atoms with E-state index in [1.807, 2.05) is 37.3 Å². The lowest BCUT2D eigenvalue weighted by Gasteiger charge is -2.17. The summed E-state index contributed by atoms with van der Waals surface area (Å²) in [6.45, 7) is 6.03. The second-order valence-electron chi connectivity index (χ2n) is 5.09. The van der Waals surface area contributed by atoms with Gasteiger partial charge in [-0.2, -0.15) is 0 Å². The SMILES string of the molecule is COc1cccc(Oc2cc(C)cc(C)c2)c1C(C)N. The summed E-state index contributed by atoms with van der Waals surface area (Å²) in [4.78, 5) is 0. The first-order valence-corrected chi connectivity index (χ1v) is 6.70. The minimum atomic E-state index is -0.160. The van der Waals surface area contributed by atoms with Crippen molar-refractivity contribution in [1.82, 2.24) is 0 Å². The number of hydrogen-bond donors (Lipinski definition) is 1. The quantitative estimate of drug-likeness (QED) is 0.909. The van der Waals surface area contributed by atoms with Crippen molar-refractivity contribution < 1.29 is 9.47 Å². The summed E-state index contributed by atoms with van der Waals surface area (Å²) in [5.74, 6) is 2.31. The standard InChI is InChI=1S/C17H21NO2/c1-11-8-12(2)10-14(9-11)20-16-7-5-6-15(19-4)17(16)13(3)18/h5-10,13H,18H2,1-4H3. The first-order chi connectivity index (χ1) is 9.51. The molecule has 0 saturated heterocycles. The molecule has 2 N–H and O–H groups in total. The van der Waals surface area contributed by atoms with E-state index in [1.54, 1.807) is 7.11 Å². The fraction of sp³-hybridized carbons (Fsp3) is 0.294. The van der Waals surface area contributed by atoms with Gasteiger partial charge >= 0.3 is 0 Å². The van der Waals surface area contributed by atoms with Crippen molar-refractivity contribution in [2.45, 2.75) is 26.8 Å². The van der Waals surface area contributed by atoms with Gasteiger partial charge in [0, 0.05) is 6.04 Å². The summed E-state index contributed by atoms with van der Waals surface area (Å²) in [6.07, 6.45) is 0. The maximum absolute atomic E-state index is 6.04. The van der Waals surface area contributed by atoms with Crippen LogP contribution in [0.5, 0.6) is 17.2 Å². The maximum atomic E-state index is 6.04. The Labute approximate surface area is 120 Å². The number of rotatable bonds is 4. The van der Waals surface area contributed by atoms with Crippen LogP contribution < -0.4 is 15.2 Å². The molecule has 0 aliphatic carbocycles. The number of methoxy groups -OCH3 is 1. The molecule has 0 bridgehead atoms. The Morgan fingerprint density at radius 1 is 1.00 bits per heavy atom. The molecule has 0 aromatic heterocycles. The average molecular weight is 271 g/mol. The molecule has 0 radical (unpaired) electrons. The van der Waals surface area contributed by atoms with Crippen LogP contribution in [0.4, 0.5) is 0 Å². The minimum absolute atomic E-state index is 0.160. The molecule has 2 aromatic carbocycles. The van der Waals surface area contributed by atoms with Crippen LogP contribution in [0.15, 0.2) is 36.4 Å². The molecule has 0 amide bonds. The third-order valence-electron chi connectivity index (χ3n) is 3.12. The molecular weight excluding hydrogens is 250 g/mol. The van der Waals surface area contributed by atoms with Crippen LogP contribution in [-0.2, 0) is 0 Å². The van der Waals surface area contributed by atoms with Crippen LogP contribution in [0.2, 0.25) is 0 Å². The van der Waals surface area contributed by atoms with Crippen LogP contribution >= 0.6 is 0 Å². The minimum Gasteiger partial charge on any atom is -0.496 e. The molecule has 106 valence electrons. The van der Waals surface area contributed by atoms with E-state index in [9.17, 15) is 0 Å². The van der Waals surface area contributed by atoms with E-state index in [0.717, 1.165) is 22.8 Å². The average Bonchev–Trinajstić information content (AvgIpc) is 2.36. The number of aryl methyl sites for hydroxylation is 2. The Morgan fingerprint density at radius 2 is 1.60 bits per heavy atom. The molecule has 2 rings (SSSR count). The summed E-state index contributed by atoms with van der Waals surface area (Å²) in [6, 6.07) is 11.7. The van der Waals surface area contributed by atoms with E-state index in [0.29, 0.717) is 0 Å². The lowest BCUT2D eigenvalue weighted by molar-refractivity contribution is 0.397. The van der Waals surface area contributed by atoms with Gasteiger partial charge in [0.25, 0.3) is 0 Å². The van der Waals surface area contributed by atoms with E-state index in [-0.39, 0.29) is 6.04 Å². The van der Waals surface area contributed by atoms with Crippen LogP contribution in [0.3, 0.4) is 0 Å². The monoisotopic (exact) mass is 271 g/mol. The second-order valence-corrected chi connectivity index (χ2v) is 5.09. The highest BCUT2D eigenvalue weighted by molar-refractivity contribution is 5.49. The van der Waals surface area contributed by atoms with Crippen molar-refractivity contribution in [3.8, 4) is 17.2 Å². The fourth-order valence-corrected chi connectivity index (χ4v) is 2.36. The molecule has 0 fully saturated rings. The first kappa shape index (κ1) is 14.4. The highest BCUT2D eigenvalue weighted by Crippen LogP contribution is 2.35. The zero-order chi connectivity index (χ0) is 14.7. The zero-order valence-electron chi connectivity index (χ0n) is 12.4. The summed E-state index contributed by atoms with van der Waals surface area (Å²) < 4.78 is 11.4. The summed E-state index contributed by atoms with van der Waals surface area (Å²) in [7, 11) is 1.64. The highest BCUT2D eigenvalue weighted by Gasteiger charge is 2.15. The Bertz CT molecular complexity index is 586. The van der Waals surface area contributed by atoms with Crippen molar-refractivity contribution in [3.63, 3.8) is 0 Å². The predicted molar refractivity (Wildman–Crippen MR) is 81.6 cm³/mol. The van der Waals surface area contributed by atoms with Crippen molar-refractivity contribution in [2.24, 2.45) is 5.73 Å². The van der Waals surface area contributed by atoms with Crippen LogP contribution in [0.1, 0.15) is 29.7 Å². The van der Waals surface area contributed by atoms with Crippen LogP contribution in [0.25, 0.3) is 0 Å². The number of benzene rings is 2. The number of ether oxygens (including phenoxy) is 2. The molecule has 0 aliphatic heterocycles. The van der Waals surface area contributed by atoms with Crippen molar-refractivity contribution in [2.75, 3.05) is 7.11 Å². The molecule has 1 unspecified atom stereocenters. The van der Waals surface area contributed by atoms with Gasteiger partial charge in [0.05, 0.1) is 12.7 Å². The van der Waals surface area contributed by atoms with E-state index < -0.39 is 0 Å². The molecule has 3 nitrogen and oxygen atoms in total. The predicted octanol–water partition coefficient (Wildman–Crippen LogP) is 4.12. The summed E-state index contributed by atoms with van der Waals surface area (Å²) >= 11 is 0. The lowest BCUT2D eigenvalue weighted by Crippen LogP contribution is -2.08. The highest BCUT2D eigenvalue weighted by atomic mass is 16.5. The van der Waals surface area contributed by atoms with Gasteiger partial charge in [-0.15, -0.1) is 0 Å². The van der Waals surface area contributed by atoms with Gasteiger partial charge in [-0.3, -0.25) is 0 Å². The molecule has 0 heterocycles. The molecule has 0 saturated carbocycles. The molecule has 20 heavy (non-hydrogen) atoms. The van der Waals surface area contributed by atoms with Gasteiger partial charge in [-0.1, -0.05) is 12.1 Å². The Morgan fingerprint density at radius 3 is 2.15 bits per heavy atom. The van der Waals surface area contributed by atoms with Crippen LogP contribution in [-0.4, -0.2) is 7.11 Å². The molecule has 0 aliphatic rings. The molecule has 3 heteroatoms. The smallest absolute Gasteiger partial charge is 0.135 e. The van der Waals surface area contributed by atoms with Crippen molar-refractivity contribution >= 4 is 0 Å². The Kier molecular flexibility index (Phi) is 4.30. The van der Waals surface area contributed by atoms with Crippen molar-refractivity contribution in [1.29, 1.82) is 0 Å². The maximum Gasteiger partial charge on any atom is 0.135 e. The molecule has 1 atom stereocenters. The summed E-state index contributed by atoms with van der Waals surface area (Å²) in [5, 5.41) is 0. The van der Waals surface area contributed by atoms with Crippen molar-refractivity contribution in [3.05, 3.63) is 53.1 Å². The van der Waals surface area contributed by atoms with E-state index in [2.05, 4.69) is 19.9 Å². The van der Waals surface area contributed by atoms with Gasteiger partial charge in [-0.25, -0.2) is 0 Å².